The molecule has 3 rings (SSSR count). The van der Waals surface area contributed by atoms with E-state index in [9.17, 15) is 28.6 Å². The van der Waals surface area contributed by atoms with Gasteiger partial charge in [-0.3, -0.25) is 14.9 Å². The summed E-state index contributed by atoms with van der Waals surface area (Å²) in [5.41, 5.74) is -0.210. The molecule has 0 saturated carbocycles. The summed E-state index contributed by atoms with van der Waals surface area (Å²) in [5.74, 6) is -0.201. The number of carbonyl (C=O) groups is 1. The molecule has 0 unspecified atom stereocenters. The van der Waals surface area contributed by atoms with Crippen molar-refractivity contribution in [3.8, 4) is 23.3 Å². The Morgan fingerprint density at radius 3 is 2.30 bits per heavy atom. The van der Waals surface area contributed by atoms with Gasteiger partial charge in [0.2, 0.25) is 0 Å². The third-order valence-electron chi connectivity index (χ3n) is 4.82. The van der Waals surface area contributed by atoms with Crippen LogP contribution in [0.4, 0.5) is 11.4 Å². The summed E-state index contributed by atoms with van der Waals surface area (Å²) in [6, 6.07) is 15.3. The Labute approximate surface area is 220 Å². The smallest absolute Gasteiger partial charge is 0.339 e. The normalized spacial score (nSPS) is 11.2. The van der Waals surface area contributed by atoms with Crippen molar-refractivity contribution in [2.24, 2.45) is 0 Å². The number of non-ortho nitro benzene ring substituents is 1. The Kier molecular flexibility index (Phi) is 8.49. The molecule has 1 N–H and O–H groups in total. The maximum atomic E-state index is 12.7. The SMILES string of the molecule is COc1ccc(S(=O)(=O)Oc2ccc(/C=C(\C#N)C(=O)Nc3cc([N+](=O)[O-])ccc3OC)cc2Br)cc1. The lowest BCUT2D eigenvalue weighted by molar-refractivity contribution is -0.384. The maximum Gasteiger partial charge on any atom is 0.339 e. The second-order valence-corrected chi connectivity index (χ2v) is 9.57. The molecule has 37 heavy (non-hydrogen) atoms. The summed E-state index contributed by atoms with van der Waals surface area (Å²) in [6.45, 7) is 0. The first-order valence-corrected chi connectivity index (χ1v) is 12.4. The van der Waals surface area contributed by atoms with E-state index in [-0.39, 0.29) is 37.8 Å². The second kappa shape index (κ2) is 11.5. The number of amides is 1. The number of anilines is 1. The second-order valence-electron chi connectivity index (χ2n) is 7.17. The van der Waals surface area contributed by atoms with Crippen LogP contribution in [0.25, 0.3) is 6.08 Å². The first kappa shape index (κ1) is 27.2. The standard InChI is InChI=1S/C24H18BrN3O8S/c1-34-18-5-7-19(8-6-18)37(32,33)36-22-9-3-15(12-20(22)25)11-16(14-26)24(29)27-21-13-17(28(30)31)4-10-23(21)35-2/h3-13H,1-2H3,(H,27,29)/b16-11+. The van der Waals surface area contributed by atoms with Gasteiger partial charge in [0.15, 0.2) is 5.75 Å². The highest BCUT2D eigenvalue weighted by atomic mass is 79.9. The Bertz CT molecular complexity index is 1530. The van der Waals surface area contributed by atoms with Gasteiger partial charge in [-0.05, 0) is 70.0 Å². The number of hydrogen-bond acceptors (Lipinski definition) is 9. The van der Waals surface area contributed by atoms with Crippen molar-refractivity contribution in [3.05, 3.63) is 86.4 Å². The van der Waals surface area contributed by atoms with Crippen molar-refractivity contribution >= 4 is 49.4 Å². The van der Waals surface area contributed by atoms with Gasteiger partial charge in [-0.25, -0.2) is 0 Å². The van der Waals surface area contributed by atoms with Crippen molar-refractivity contribution in [1.29, 1.82) is 5.26 Å². The summed E-state index contributed by atoms with van der Waals surface area (Å²) in [5, 5.41) is 23.0. The van der Waals surface area contributed by atoms with E-state index in [4.69, 9.17) is 13.7 Å². The van der Waals surface area contributed by atoms with Crippen molar-refractivity contribution in [1.82, 2.24) is 0 Å². The summed E-state index contributed by atoms with van der Waals surface area (Å²) in [4.78, 5) is 23.0. The highest BCUT2D eigenvalue weighted by Crippen LogP contribution is 2.31. The van der Waals surface area contributed by atoms with Gasteiger partial charge in [0.05, 0.1) is 29.3 Å². The Morgan fingerprint density at radius 1 is 1.05 bits per heavy atom. The van der Waals surface area contributed by atoms with Gasteiger partial charge in [-0.15, -0.1) is 0 Å². The number of rotatable bonds is 9. The maximum absolute atomic E-state index is 12.7. The van der Waals surface area contributed by atoms with Crippen LogP contribution in [0.5, 0.6) is 17.2 Å². The van der Waals surface area contributed by atoms with Crippen LogP contribution in [-0.4, -0.2) is 33.5 Å². The first-order valence-electron chi connectivity index (χ1n) is 10.2. The predicted molar refractivity (Wildman–Crippen MR) is 137 cm³/mol. The number of nitro benzene ring substituents is 1. The van der Waals surface area contributed by atoms with Gasteiger partial charge in [0.1, 0.15) is 28.0 Å². The fraction of sp³-hybridized carbons (Fsp3) is 0.0833. The lowest BCUT2D eigenvalue weighted by Crippen LogP contribution is -2.14. The van der Waals surface area contributed by atoms with E-state index in [1.54, 1.807) is 6.07 Å². The van der Waals surface area contributed by atoms with Gasteiger partial charge >= 0.3 is 10.1 Å². The molecule has 3 aromatic carbocycles. The molecule has 11 nitrogen and oxygen atoms in total. The summed E-state index contributed by atoms with van der Waals surface area (Å²) >= 11 is 3.24. The van der Waals surface area contributed by atoms with E-state index in [0.29, 0.717) is 11.3 Å². The van der Waals surface area contributed by atoms with E-state index >= 15 is 0 Å². The molecule has 0 spiro atoms. The summed E-state index contributed by atoms with van der Waals surface area (Å²) < 4.78 is 40.8. The van der Waals surface area contributed by atoms with Crippen molar-refractivity contribution in [2.75, 3.05) is 19.5 Å². The molecule has 0 fully saturated rings. The van der Waals surface area contributed by atoms with Crippen LogP contribution < -0.4 is 19.0 Å². The Balaban J connectivity index is 1.82. The lowest BCUT2D eigenvalue weighted by atomic mass is 10.1. The highest BCUT2D eigenvalue weighted by molar-refractivity contribution is 9.10. The molecule has 1 amide bonds. The van der Waals surface area contributed by atoms with Crippen molar-refractivity contribution < 1.29 is 31.8 Å². The molecule has 0 aromatic heterocycles. The van der Waals surface area contributed by atoms with Crippen LogP contribution in [0.15, 0.2) is 75.6 Å². The van der Waals surface area contributed by atoms with Gasteiger partial charge < -0.3 is 19.0 Å². The fourth-order valence-corrected chi connectivity index (χ4v) is 4.53. The van der Waals surface area contributed by atoms with Gasteiger partial charge in [0.25, 0.3) is 11.6 Å². The monoisotopic (exact) mass is 587 g/mol. The molecule has 0 aliphatic carbocycles. The van der Waals surface area contributed by atoms with E-state index in [1.165, 1.54) is 74.9 Å². The predicted octanol–water partition coefficient (Wildman–Crippen LogP) is 4.69. The number of nitrogens with zero attached hydrogens (tertiary/aromatic N) is 2. The molecule has 0 atom stereocenters. The average molecular weight is 588 g/mol. The van der Waals surface area contributed by atoms with Gasteiger partial charge in [-0.2, -0.15) is 13.7 Å². The van der Waals surface area contributed by atoms with Crippen molar-refractivity contribution in [2.45, 2.75) is 4.90 Å². The van der Waals surface area contributed by atoms with Crippen LogP contribution in [0.3, 0.4) is 0 Å². The summed E-state index contributed by atoms with van der Waals surface area (Å²) in [7, 11) is -1.36. The number of benzene rings is 3. The quantitative estimate of drug-likeness (QED) is 0.123. The largest absolute Gasteiger partial charge is 0.497 e. The lowest BCUT2D eigenvalue weighted by Gasteiger charge is -2.10. The molecule has 0 aliphatic rings. The third kappa shape index (κ3) is 6.63. The molecular weight excluding hydrogens is 570 g/mol. The number of halogens is 1. The number of ether oxygens (including phenoxy) is 2. The average Bonchev–Trinajstić information content (AvgIpc) is 2.88. The van der Waals surface area contributed by atoms with Crippen LogP contribution in [-0.2, 0) is 14.9 Å². The van der Waals surface area contributed by atoms with Crippen LogP contribution in [0.1, 0.15) is 5.56 Å². The molecule has 0 bridgehead atoms. The van der Waals surface area contributed by atoms with E-state index in [2.05, 4.69) is 21.2 Å². The summed E-state index contributed by atoms with van der Waals surface area (Å²) in [6.07, 6.45) is 1.26. The number of hydrogen-bond donors (Lipinski definition) is 1. The highest BCUT2D eigenvalue weighted by Gasteiger charge is 2.19. The molecule has 0 heterocycles. The van der Waals surface area contributed by atoms with Crippen LogP contribution in [0.2, 0.25) is 0 Å². The fourth-order valence-electron chi connectivity index (χ4n) is 3.00. The Hall–Kier alpha value is -4.41. The molecule has 190 valence electrons. The molecule has 0 radical (unpaired) electrons. The van der Waals surface area contributed by atoms with Crippen LogP contribution >= 0.6 is 15.9 Å². The number of carbonyl (C=O) groups excluding carboxylic acids is 1. The number of nitriles is 1. The minimum atomic E-state index is -4.14. The number of nitrogens with one attached hydrogen (secondary N) is 1. The van der Waals surface area contributed by atoms with E-state index in [1.807, 2.05) is 0 Å². The molecule has 13 heteroatoms. The van der Waals surface area contributed by atoms with E-state index in [0.717, 1.165) is 6.07 Å². The minimum absolute atomic E-state index is 0.0107. The Morgan fingerprint density at radius 2 is 1.73 bits per heavy atom. The molecule has 0 saturated heterocycles. The van der Waals surface area contributed by atoms with Gasteiger partial charge in [-0.1, -0.05) is 6.07 Å². The zero-order valence-electron chi connectivity index (χ0n) is 19.3. The third-order valence-corrected chi connectivity index (χ3v) is 6.69. The van der Waals surface area contributed by atoms with Crippen LogP contribution in [0, 0.1) is 21.4 Å². The number of methoxy groups -OCH3 is 2. The topological polar surface area (TPSA) is 158 Å². The number of nitro groups is 1. The minimum Gasteiger partial charge on any atom is -0.497 e. The zero-order valence-corrected chi connectivity index (χ0v) is 21.7. The zero-order chi connectivity index (χ0) is 27.2. The molecule has 0 aliphatic heterocycles. The van der Waals surface area contributed by atoms with Gasteiger partial charge in [0, 0.05) is 12.1 Å². The van der Waals surface area contributed by atoms with E-state index < -0.39 is 20.9 Å². The molecular formula is C24H18BrN3O8S. The first-order chi connectivity index (χ1) is 17.6. The molecule has 3 aromatic rings. The van der Waals surface area contributed by atoms with Crippen molar-refractivity contribution in [3.63, 3.8) is 0 Å².